The Balaban J connectivity index is 0. The van der Waals surface area contributed by atoms with Crippen LogP contribution < -0.4 is 0 Å². The van der Waals surface area contributed by atoms with Crippen molar-refractivity contribution in [1.29, 1.82) is 5.26 Å². The first kappa shape index (κ1) is 18.5. The zero-order valence-corrected chi connectivity index (χ0v) is 10.4. The minimum absolute atomic E-state index is 0.250. The van der Waals surface area contributed by atoms with Gasteiger partial charge in [0.05, 0.1) is 0 Å². The molecule has 19 heavy (non-hydrogen) atoms. The van der Waals surface area contributed by atoms with E-state index in [0.29, 0.717) is 0 Å². The summed E-state index contributed by atoms with van der Waals surface area (Å²) in [4.78, 5) is 17.4. The second-order valence-corrected chi connectivity index (χ2v) is 2.97. The number of carbonyl (C=O) groups is 2. The van der Waals surface area contributed by atoms with E-state index in [0.717, 1.165) is 6.92 Å². The Morgan fingerprint density at radius 3 is 1.37 bits per heavy atom. The van der Waals surface area contributed by atoms with Gasteiger partial charge in [0.25, 0.3) is 12.4 Å². The zero-order chi connectivity index (χ0) is 15.1. The molecule has 2 N–H and O–H groups in total. The molecule has 0 radical (unpaired) electrons. The molecule has 0 saturated carbocycles. The second-order valence-electron chi connectivity index (χ2n) is 2.97. The van der Waals surface area contributed by atoms with Gasteiger partial charge in [0.2, 0.25) is 0 Å². The Morgan fingerprint density at radius 2 is 1.21 bits per heavy atom. The van der Waals surface area contributed by atoms with Crippen LogP contribution in [0.4, 0.5) is 0 Å². The van der Waals surface area contributed by atoms with E-state index in [2.05, 4.69) is 55.1 Å². The van der Waals surface area contributed by atoms with Crippen molar-refractivity contribution < 1.29 is 19.8 Å². The number of fused-ring (bicyclic) bond motifs is 1. The Kier molecular flexibility index (Phi) is 12.8. The lowest BCUT2D eigenvalue weighted by molar-refractivity contribution is -0.134. The third-order valence-corrected chi connectivity index (χ3v) is 1.66. The maximum atomic E-state index is 9.00. The number of aliphatic carboxylic acids is 1. The molecule has 5 heteroatoms. The first-order chi connectivity index (χ1) is 9.11. The maximum absolute atomic E-state index is 9.00. The molecule has 0 aliphatic rings. The first-order valence-electron chi connectivity index (χ1n) is 5.08. The van der Waals surface area contributed by atoms with Gasteiger partial charge in [0.1, 0.15) is 0 Å². The molecule has 2 aromatic rings. The topological polar surface area (TPSA) is 98.4 Å². The molecular weight excluding hydrogens is 246 g/mol. The minimum atomic E-state index is -0.833. The number of carboxylic acid groups (broad SMARTS) is 2. The molecular formula is C14H15NO4. The highest BCUT2D eigenvalue weighted by Gasteiger charge is 1.85. The van der Waals surface area contributed by atoms with Crippen LogP contribution in [0.1, 0.15) is 6.92 Å². The van der Waals surface area contributed by atoms with E-state index in [1.165, 1.54) is 10.8 Å². The van der Waals surface area contributed by atoms with Gasteiger partial charge in [-0.15, -0.1) is 0 Å². The molecule has 0 bridgehead atoms. The number of carboxylic acids is 1. The van der Waals surface area contributed by atoms with Crippen molar-refractivity contribution >= 4 is 23.2 Å². The fourth-order valence-corrected chi connectivity index (χ4v) is 1.13. The molecule has 0 aliphatic carbocycles. The maximum Gasteiger partial charge on any atom is 0.300 e. The molecule has 100 valence electrons. The van der Waals surface area contributed by atoms with Gasteiger partial charge in [-0.1, -0.05) is 48.5 Å². The van der Waals surface area contributed by atoms with Crippen LogP contribution in [0.15, 0.2) is 48.5 Å². The van der Waals surface area contributed by atoms with Crippen LogP contribution in [0.2, 0.25) is 0 Å². The molecule has 0 aliphatic heterocycles. The van der Waals surface area contributed by atoms with E-state index in [4.69, 9.17) is 25.1 Å². The first-order valence-corrected chi connectivity index (χ1v) is 5.08. The van der Waals surface area contributed by atoms with Crippen LogP contribution in [0.3, 0.4) is 0 Å². The summed E-state index contributed by atoms with van der Waals surface area (Å²) >= 11 is 0. The average molecular weight is 261 g/mol. The van der Waals surface area contributed by atoms with Crippen LogP contribution in [-0.4, -0.2) is 22.7 Å². The minimum Gasteiger partial charge on any atom is -0.483 e. The monoisotopic (exact) mass is 261 g/mol. The van der Waals surface area contributed by atoms with Crippen molar-refractivity contribution in [2.24, 2.45) is 0 Å². The van der Waals surface area contributed by atoms with Crippen molar-refractivity contribution in [3.63, 3.8) is 0 Å². The van der Waals surface area contributed by atoms with Gasteiger partial charge < -0.3 is 10.2 Å². The van der Waals surface area contributed by atoms with E-state index in [9.17, 15) is 0 Å². The van der Waals surface area contributed by atoms with E-state index < -0.39 is 5.97 Å². The SMILES string of the molecule is C#N.CC(=O)O.O=CO.c1ccc2ccccc2c1. The summed E-state index contributed by atoms with van der Waals surface area (Å²) in [6.07, 6.45) is 0. The van der Waals surface area contributed by atoms with Gasteiger partial charge >= 0.3 is 0 Å². The van der Waals surface area contributed by atoms with Gasteiger partial charge in [-0.05, 0) is 10.8 Å². The van der Waals surface area contributed by atoms with Crippen molar-refractivity contribution in [1.82, 2.24) is 0 Å². The highest BCUT2D eigenvalue weighted by atomic mass is 16.4. The molecule has 0 atom stereocenters. The van der Waals surface area contributed by atoms with E-state index in [1.54, 1.807) is 0 Å². The van der Waals surface area contributed by atoms with Gasteiger partial charge in [0, 0.05) is 13.5 Å². The third kappa shape index (κ3) is 11.4. The molecule has 0 aromatic heterocycles. The number of rotatable bonds is 0. The van der Waals surface area contributed by atoms with Crippen LogP contribution in [0.25, 0.3) is 10.8 Å². The summed E-state index contributed by atoms with van der Waals surface area (Å²) in [7, 11) is 0. The van der Waals surface area contributed by atoms with Gasteiger partial charge in [-0.2, -0.15) is 0 Å². The van der Waals surface area contributed by atoms with Crippen LogP contribution >= 0.6 is 0 Å². The lowest BCUT2D eigenvalue weighted by atomic mass is 10.1. The number of hydrogen-bond acceptors (Lipinski definition) is 3. The molecule has 0 heterocycles. The number of benzene rings is 2. The molecule has 2 aromatic carbocycles. The Morgan fingerprint density at radius 1 is 1.05 bits per heavy atom. The van der Waals surface area contributed by atoms with Crippen molar-refractivity contribution in [2.45, 2.75) is 6.92 Å². The van der Waals surface area contributed by atoms with Crippen LogP contribution in [-0.2, 0) is 9.59 Å². The Bertz CT molecular complexity index is 439. The van der Waals surface area contributed by atoms with Crippen LogP contribution in [0, 0.1) is 11.8 Å². The normalized spacial score (nSPS) is 7.32. The number of nitrogens with zero attached hydrogens (tertiary/aromatic N) is 1. The third-order valence-electron chi connectivity index (χ3n) is 1.66. The predicted molar refractivity (Wildman–Crippen MR) is 72.6 cm³/mol. The average Bonchev–Trinajstić information content (AvgIpc) is 2.41. The predicted octanol–water partition coefficient (Wildman–Crippen LogP) is 2.77. The Hall–Kier alpha value is -2.87. The number of nitriles is 1. The van der Waals surface area contributed by atoms with Gasteiger partial charge in [-0.25, -0.2) is 5.26 Å². The smallest absolute Gasteiger partial charge is 0.300 e. The van der Waals surface area contributed by atoms with Crippen molar-refractivity contribution in [3.05, 3.63) is 48.5 Å². The second kappa shape index (κ2) is 13.2. The number of hydrogen-bond donors (Lipinski definition) is 2. The summed E-state index contributed by atoms with van der Waals surface area (Å²) in [5.74, 6) is -0.833. The summed E-state index contributed by atoms with van der Waals surface area (Å²) in [5, 5.41) is 23.4. The fourth-order valence-electron chi connectivity index (χ4n) is 1.13. The molecule has 0 fully saturated rings. The van der Waals surface area contributed by atoms with Crippen LogP contribution in [0.5, 0.6) is 0 Å². The lowest BCUT2D eigenvalue weighted by Crippen LogP contribution is -1.78. The molecule has 0 unspecified atom stereocenters. The summed E-state index contributed by atoms with van der Waals surface area (Å²) in [6, 6.07) is 16.7. The molecule has 0 spiro atoms. The van der Waals surface area contributed by atoms with Crippen molar-refractivity contribution in [2.75, 3.05) is 0 Å². The zero-order valence-electron chi connectivity index (χ0n) is 10.4. The quantitative estimate of drug-likeness (QED) is 0.710. The Labute approximate surface area is 111 Å². The van der Waals surface area contributed by atoms with E-state index >= 15 is 0 Å². The molecule has 0 saturated heterocycles. The summed E-state index contributed by atoms with van der Waals surface area (Å²) < 4.78 is 0. The lowest BCUT2D eigenvalue weighted by Gasteiger charge is -1.92. The van der Waals surface area contributed by atoms with Gasteiger partial charge in [-0.3, -0.25) is 9.59 Å². The fraction of sp³-hybridized carbons (Fsp3) is 0.0714. The van der Waals surface area contributed by atoms with Crippen molar-refractivity contribution in [3.8, 4) is 6.57 Å². The molecule has 0 amide bonds. The van der Waals surface area contributed by atoms with Gasteiger partial charge in [0.15, 0.2) is 0 Å². The summed E-state index contributed by atoms with van der Waals surface area (Å²) in [5.41, 5.74) is 0. The largest absolute Gasteiger partial charge is 0.483 e. The highest BCUT2D eigenvalue weighted by Crippen LogP contribution is 2.11. The highest BCUT2D eigenvalue weighted by molar-refractivity contribution is 5.81. The molecule has 5 nitrogen and oxygen atoms in total. The summed E-state index contributed by atoms with van der Waals surface area (Å²) in [6.45, 7) is 4.33. The standard InChI is InChI=1S/C10H8.C2H4O2.CHN.CH2O2/c1-2-6-10-8-4-3-7-9(10)5-1;1-2(3)4;1-2;2-1-3/h1-8H;1H3,(H,3,4);1H;1H,(H,2,3). The van der Waals surface area contributed by atoms with E-state index in [-0.39, 0.29) is 6.47 Å². The van der Waals surface area contributed by atoms with E-state index in [1.807, 2.05) is 0 Å². The molecule has 2 rings (SSSR count).